The summed E-state index contributed by atoms with van der Waals surface area (Å²) in [6.45, 7) is 9.31. The topological polar surface area (TPSA) is 24.5 Å². The van der Waals surface area contributed by atoms with Gasteiger partial charge in [-0.3, -0.25) is 0 Å². The molecule has 2 aromatic carbocycles. The molecule has 1 unspecified atom stereocenters. The van der Waals surface area contributed by atoms with Crippen LogP contribution < -0.4 is 15.0 Å². The van der Waals surface area contributed by atoms with Crippen LogP contribution in [0.5, 0.6) is 5.75 Å². The molecule has 0 aliphatic heterocycles. The molecule has 0 fully saturated rings. The molecule has 0 aliphatic rings. The number of methoxy groups -OCH3 is 1. The normalized spacial score (nSPS) is 12.0. The Morgan fingerprint density at radius 2 is 1.74 bits per heavy atom. The lowest BCUT2D eigenvalue weighted by molar-refractivity contribution is 0.413. The van der Waals surface area contributed by atoms with E-state index in [0.717, 1.165) is 31.1 Å². The SMILES string of the molecule is CCN(CC)c1ccc(CNC(C)c2ccccc2)cc1OC. The van der Waals surface area contributed by atoms with Gasteiger partial charge in [-0.25, -0.2) is 0 Å². The first-order valence-corrected chi connectivity index (χ1v) is 8.39. The van der Waals surface area contributed by atoms with E-state index >= 15 is 0 Å². The van der Waals surface area contributed by atoms with Gasteiger partial charge in [-0.05, 0) is 44.0 Å². The molecular formula is C20H28N2O. The monoisotopic (exact) mass is 312 g/mol. The number of benzene rings is 2. The van der Waals surface area contributed by atoms with E-state index in [1.54, 1.807) is 7.11 Å². The third kappa shape index (κ3) is 4.49. The van der Waals surface area contributed by atoms with E-state index in [0.29, 0.717) is 6.04 Å². The summed E-state index contributed by atoms with van der Waals surface area (Å²) in [4.78, 5) is 2.31. The van der Waals surface area contributed by atoms with Gasteiger partial charge in [0, 0.05) is 25.7 Å². The Morgan fingerprint density at radius 3 is 2.35 bits per heavy atom. The fourth-order valence-corrected chi connectivity index (χ4v) is 2.79. The summed E-state index contributed by atoms with van der Waals surface area (Å²) in [5.41, 5.74) is 3.71. The van der Waals surface area contributed by atoms with Gasteiger partial charge < -0.3 is 15.0 Å². The number of hydrogen-bond acceptors (Lipinski definition) is 3. The van der Waals surface area contributed by atoms with Crippen LogP contribution in [0.15, 0.2) is 48.5 Å². The largest absolute Gasteiger partial charge is 0.495 e. The highest BCUT2D eigenvalue weighted by Gasteiger charge is 2.10. The fourth-order valence-electron chi connectivity index (χ4n) is 2.79. The van der Waals surface area contributed by atoms with Gasteiger partial charge in [0.15, 0.2) is 0 Å². The Labute approximate surface area is 140 Å². The summed E-state index contributed by atoms with van der Waals surface area (Å²) < 4.78 is 5.59. The van der Waals surface area contributed by atoms with E-state index in [2.05, 4.69) is 73.5 Å². The third-order valence-electron chi connectivity index (χ3n) is 4.26. The van der Waals surface area contributed by atoms with Crippen LogP contribution in [0.2, 0.25) is 0 Å². The standard InChI is InChI=1S/C20H28N2O/c1-5-22(6-2)19-13-12-17(14-20(19)23-4)15-21-16(3)18-10-8-7-9-11-18/h7-14,16,21H,5-6,15H2,1-4H3. The van der Waals surface area contributed by atoms with Crippen molar-refractivity contribution in [2.24, 2.45) is 0 Å². The fraction of sp³-hybridized carbons (Fsp3) is 0.400. The molecule has 2 rings (SSSR count). The minimum atomic E-state index is 0.324. The van der Waals surface area contributed by atoms with Crippen LogP contribution in [0.25, 0.3) is 0 Å². The first kappa shape index (κ1) is 17.4. The van der Waals surface area contributed by atoms with Crippen molar-refractivity contribution >= 4 is 5.69 Å². The predicted octanol–water partition coefficient (Wildman–Crippen LogP) is 4.39. The van der Waals surface area contributed by atoms with Crippen molar-refractivity contribution < 1.29 is 4.74 Å². The van der Waals surface area contributed by atoms with Gasteiger partial charge in [-0.2, -0.15) is 0 Å². The van der Waals surface area contributed by atoms with Crippen molar-refractivity contribution in [1.82, 2.24) is 5.32 Å². The molecule has 1 atom stereocenters. The molecule has 0 heterocycles. The van der Waals surface area contributed by atoms with E-state index in [9.17, 15) is 0 Å². The van der Waals surface area contributed by atoms with E-state index in [1.165, 1.54) is 11.1 Å². The molecule has 0 aromatic heterocycles. The Morgan fingerprint density at radius 1 is 1.04 bits per heavy atom. The van der Waals surface area contributed by atoms with Crippen LogP contribution in [-0.4, -0.2) is 20.2 Å². The Hall–Kier alpha value is -2.00. The van der Waals surface area contributed by atoms with E-state index in [1.807, 2.05) is 6.07 Å². The van der Waals surface area contributed by atoms with Crippen molar-refractivity contribution in [2.45, 2.75) is 33.4 Å². The molecule has 0 bridgehead atoms. The van der Waals surface area contributed by atoms with Gasteiger partial charge in [-0.1, -0.05) is 36.4 Å². The minimum Gasteiger partial charge on any atom is -0.495 e. The van der Waals surface area contributed by atoms with Gasteiger partial charge in [0.05, 0.1) is 12.8 Å². The van der Waals surface area contributed by atoms with Crippen molar-refractivity contribution in [3.63, 3.8) is 0 Å². The van der Waals surface area contributed by atoms with Gasteiger partial charge >= 0.3 is 0 Å². The van der Waals surface area contributed by atoms with Gasteiger partial charge in [0.25, 0.3) is 0 Å². The number of ether oxygens (including phenoxy) is 1. The molecule has 3 nitrogen and oxygen atoms in total. The average molecular weight is 312 g/mol. The van der Waals surface area contributed by atoms with Gasteiger partial charge in [0.2, 0.25) is 0 Å². The Bertz CT molecular complexity index is 594. The van der Waals surface area contributed by atoms with Crippen LogP contribution in [0, 0.1) is 0 Å². The molecule has 23 heavy (non-hydrogen) atoms. The minimum absolute atomic E-state index is 0.324. The van der Waals surface area contributed by atoms with Crippen LogP contribution in [-0.2, 0) is 6.54 Å². The van der Waals surface area contributed by atoms with E-state index in [4.69, 9.17) is 4.74 Å². The predicted molar refractivity (Wildman–Crippen MR) is 98.3 cm³/mol. The molecular weight excluding hydrogens is 284 g/mol. The zero-order valence-electron chi connectivity index (χ0n) is 14.7. The zero-order chi connectivity index (χ0) is 16.7. The molecule has 1 N–H and O–H groups in total. The van der Waals surface area contributed by atoms with Crippen molar-refractivity contribution in [3.8, 4) is 5.75 Å². The molecule has 3 heteroatoms. The lowest BCUT2D eigenvalue weighted by Crippen LogP contribution is -2.22. The van der Waals surface area contributed by atoms with Gasteiger partial charge in [0.1, 0.15) is 5.75 Å². The summed E-state index contributed by atoms with van der Waals surface area (Å²) in [5, 5.41) is 3.57. The molecule has 0 amide bonds. The van der Waals surface area contributed by atoms with Crippen molar-refractivity contribution in [2.75, 3.05) is 25.1 Å². The lowest BCUT2D eigenvalue weighted by atomic mass is 10.1. The Kier molecular flexibility index (Phi) is 6.48. The summed E-state index contributed by atoms with van der Waals surface area (Å²) in [6.07, 6.45) is 0. The van der Waals surface area contributed by atoms with Crippen molar-refractivity contribution in [3.05, 3.63) is 59.7 Å². The zero-order valence-corrected chi connectivity index (χ0v) is 14.7. The van der Waals surface area contributed by atoms with Crippen LogP contribution in [0.3, 0.4) is 0 Å². The average Bonchev–Trinajstić information content (AvgIpc) is 2.62. The van der Waals surface area contributed by atoms with Crippen LogP contribution >= 0.6 is 0 Å². The maximum atomic E-state index is 5.59. The maximum Gasteiger partial charge on any atom is 0.142 e. The highest BCUT2D eigenvalue weighted by molar-refractivity contribution is 5.59. The molecule has 124 valence electrons. The molecule has 0 saturated carbocycles. The molecule has 0 aliphatic carbocycles. The number of nitrogens with one attached hydrogen (secondary N) is 1. The molecule has 0 saturated heterocycles. The summed E-state index contributed by atoms with van der Waals surface area (Å²) in [6, 6.07) is 17.3. The highest BCUT2D eigenvalue weighted by Crippen LogP contribution is 2.29. The van der Waals surface area contributed by atoms with Crippen LogP contribution in [0.1, 0.15) is 37.9 Å². The third-order valence-corrected chi connectivity index (χ3v) is 4.26. The first-order valence-electron chi connectivity index (χ1n) is 8.39. The number of anilines is 1. The Balaban J connectivity index is 2.06. The summed E-state index contributed by atoms with van der Waals surface area (Å²) in [7, 11) is 1.74. The molecule has 2 aromatic rings. The lowest BCUT2D eigenvalue weighted by Gasteiger charge is -2.24. The second kappa shape index (κ2) is 8.59. The molecule has 0 spiro atoms. The second-order valence-electron chi connectivity index (χ2n) is 5.69. The summed E-state index contributed by atoms with van der Waals surface area (Å²) in [5.74, 6) is 0.945. The molecule has 0 radical (unpaired) electrons. The van der Waals surface area contributed by atoms with Crippen LogP contribution in [0.4, 0.5) is 5.69 Å². The van der Waals surface area contributed by atoms with E-state index < -0.39 is 0 Å². The maximum absolute atomic E-state index is 5.59. The number of hydrogen-bond donors (Lipinski definition) is 1. The summed E-state index contributed by atoms with van der Waals surface area (Å²) >= 11 is 0. The van der Waals surface area contributed by atoms with Gasteiger partial charge in [-0.15, -0.1) is 0 Å². The second-order valence-corrected chi connectivity index (χ2v) is 5.69. The quantitative estimate of drug-likeness (QED) is 0.782. The first-order chi connectivity index (χ1) is 11.2. The number of rotatable bonds is 8. The highest BCUT2D eigenvalue weighted by atomic mass is 16.5. The smallest absolute Gasteiger partial charge is 0.142 e. The number of nitrogens with zero attached hydrogens (tertiary/aromatic N) is 1. The van der Waals surface area contributed by atoms with E-state index in [-0.39, 0.29) is 0 Å². The van der Waals surface area contributed by atoms with Crippen molar-refractivity contribution in [1.29, 1.82) is 0 Å².